The third kappa shape index (κ3) is 3.40. The zero-order chi connectivity index (χ0) is 13.7. The molecule has 5 nitrogen and oxygen atoms in total. The minimum atomic E-state index is -3.14. The van der Waals surface area contributed by atoms with Crippen molar-refractivity contribution < 1.29 is 28.5 Å². The molecule has 0 atom stereocenters. The van der Waals surface area contributed by atoms with Gasteiger partial charge < -0.3 is 14.9 Å². The van der Waals surface area contributed by atoms with Crippen LogP contribution in [0.2, 0.25) is 0 Å². The molecule has 1 rings (SSSR count). The lowest BCUT2D eigenvalue weighted by Gasteiger charge is -2.13. The molecule has 0 unspecified atom stereocenters. The molecule has 96 valence electrons. The fraction of sp³-hybridized carbons (Fsp3) is 0.273. The average Bonchev–Trinajstić information content (AvgIpc) is 2.29. The van der Waals surface area contributed by atoms with Crippen molar-refractivity contribution in [2.45, 2.75) is 19.6 Å². The number of carboxylic acids is 1. The van der Waals surface area contributed by atoms with Crippen LogP contribution in [0.25, 0.3) is 0 Å². The molecule has 1 aromatic carbocycles. The molecule has 0 bridgehead atoms. The number of halogens is 2. The van der Waals surface area contributed by atoms with Gasteiger partial charge in [-0.15, -0.1) is 0 Å². The lowest BCUT2D eigenvalue weighted by molar-refractivity contribution is -0.136. The number of rotatable bonds is 5. The van der Waals surface area contributed by atoms with E-state index in [0.717, 1.165) is 6.07 Å². The Morgan fingerprint density at radius 2 is 2.17 bits per heavy atom. The number of nitriles is 1. The van der Waals surface area contributed by atoms with Gasteiger partial charge in [-0.25, -0.2) is 0 Å². The van der Waals surface area contributed by atoms with Gasteiger partial charge in [-0.3, -0.25) is 4.79 Å². The first-order chi connectivity index (χ1) is 8.47. The molecule has 0 aliphatic carbocycles. The fourth-order valence-corrected chi connectivity index (χ4v) is 1.46. The smallest absolute Gasteiger partial charge is 0.387 e. The first kappa shape index (κ1) is 13.9. The molecule has 0 fully saturated rings. The van der Waals surface area contributed by atoms with E-state index in [2.05, 4.69) is 4.74 Å². The molecule has 0 aliphatic rings. The molecule has 0 aliphatic heterocycles. The van der Waals surface area contributed by atoms with Gasteiger partial charge in [0, 0.05) is 5.56 Å². The van der Waals surface area contributed by atoms with Crippen LogP contribution >= 0.6 is 0 Å². The van der Waals surface area contributed by atoms with Crippen LogP contribution in [0.5, 0.6) is 5.75 Å². The summed E-state index contributed by atoms with van der Waals surface area (Å²) in [5.41, 5.74) is 0.0141. The Morgan fingerprint density at radius 1 is 1.50 bits per heavy atom. The molecule has 0 amide bonds. The zero-order valence-electron chi connectivity index (χ0n) is 9.06. The second-order valence-electron chi connectivity index (χ2n) is 3.33. The van der Waals surface area contributed by atoms with Crippen molar-refractivity contribution in [3.05, 3.63) is 28.8 Å². The molecule has 0 heterocycles. The van der Waals surface area contributed by atoms with E-state index in [-0.39, 0.29) is 16.7 Å². The summed E-state index contributed by atoms with van der Waals surface area (Å²) in [6.45, 7) is -3.71. The minimum absolute atomic E-state index is 0.00355. The maximum Gasteiger partial charge on any atom is 0.387 e. The first-order valence-electron chi connectivity index (χ1n) is 4.81. The third-order valence-electron chi connectivity index (χ3n) is 2.14. The molecule has 18 heavy (non-hydrogen) atoms. The summed E-state index contributed by atoms with van der Waals surface area (Å²) >= 11 is 0. The highest BCUT2D eigenvalue weighted by atomic mass is 19.3. The van der Waals surface area contributed by atoms with E-state index in [1.807, 2.05) is 0 Å². The van der Waals surface area contributed by atoms with Gasteiger partial charge in [-0.2, -0.15) is 14.0 Å². The number of nitrogens with zero attached hydrogens (tertiary/aromatic N) is 1. The molecule has 0 saturated heterocycles. The Kier molecular flexibility index (Phi) is 4.57. The van der Waals surface area contributed by atoms with Crippen LogP contribution in [0, 0.1) is 11.3 Å². The van der Waals surface area contributed by atoms with Gasteiger partial charge in [0.25, 0.3) is 0 Å². The van der Waals surface area contributed by atoms with E-state index in [0.29, 0.717) is 0 Å². The third-order valence-corrected chi connectivity index (χ3v) is 2.14. The summed E-state index contributed by atoms with van der Waals surface area (Å²) in [6, 6.07) is 3.96. The number of hydrogen-bond donors (Lipinski definition) is 2. The second-order valence-corrected chi connectivity index (χ2v) is 3.33. The van der Waals surface area contributed by atoms with E-state index in [9.17, 15) is 13.6 Å². The number of aliphatic carboxylic acids is 1. The summed E-state index contributed by atoms with van der Waals surface area (Å²) in [6.07, 6.45) is -0.580. The number of aliphatic hydroxyl groups excluding tert-OH is 1. The number of hydrogen-bond acceptors (Lipinski definition) is 4. The van der Waals surface area contributed by atoms with Crippen molar-refractivity contribution in [1.29, 1.82) is 5.26 Å². The molecule has 1 aromatic rings. The molecular weight excluding hydrogens is 248 g/mol. The summed E-state index contributed by atoms with van der Waals surface area (Å²) < 4.78 is 28.6. The maximum atomic E-state index is 12.2. The number of aliphatic hydroxyl groups is 1. The highest BCUT2D eigenvalue weighted by Crippen LogP contribution is 2.27. The molecule has 7 heteroatoms. The Balaban J connectivity index is 3.32. The van der Waals surface area contributed by atoms with Crippen molar-refractivity contribution in [2.75, 3.05) is 0 Å². The van der Waals surface area contributed by atoms with Gasteiger partial charge in [0.05, 0.1) is 24.7 Å². The largest absolute Gasteiger partial charge is 0.481 e. The van der Waals surface area contributed by atoms with E-state index in [4.69, 9.17) is 15.5 Å². The van der Waals surface area contributed by atoms with E-state index in [1.165, 1.54) is 6.07 Å². The Bertz CT molecular complexity index is 497. The van der Waals surface area contributed by atoms with E-state index < -0.39 is 31.4 Å². The molecule has 0 spiro atoms. The van der Waals surface area contributed by atoms with Crippen molar-refractivity contribution >= 4 is 5.97 Å². The zero-order valence-corrected chi connectivity index (χ0v) is 9.06. The van der Waals surface area contributed by atoms with Crippen LogP contribution in [0.15, 0.2) is 12.1 Å². The average molecular weight is 257 g/mol. The fourth-order valence-electron chi connectivity index (χ4n) is 1.46. The van der Waals surface area contributed by atoms with E-state index in [1.54, 1.807) is 6.07 Å². The molecule has 2 N–H and O–H groups in total. The first-order valence-corrected chi connectivity index (χ1v) is 4.81. The predicted molar refractivity (Wildman–Crippen MR) is 55.1 cm³/mol. The molecular formula is C11H9F2NO4. The summed E-state index contributed by atoms with van der Waals surface area (Å²) in [4.78, 5) is 10.6. The van der Waals surface area contributed by atoms with Crippen molar-refractivity contribution in [2.24, 2.45) is 0 Å². The Hall–Kier alpha value is -2.20. The topological polar surface area (TPSA) is 90.5 Å². The van der Waals surface area contributed by atoms with Gasteiger partial charge in [0.1, 0.15) is 5.75 Å². The number of ether oxygens (including phenoxy) is 1. The molecule has 0 saturated carbocycles. The van der Waals surface area contributed by atoms with E-state index >= 15 is 0 Å². The van der Waals surface area contributed by atoms with Gasteiger partial charge in [-0.1, -0.05) is 0 Å². The van der Waals surface area contributed by atoms with Crippen LogP contribution in [-0.4, -0.2) is 22.8 Å². The number of carbonyl (C=O) groups is 1. The lowest BCUT2D eigenvalue weighted by Crippen LogP contribution is -2.10. The standard InChI is InChI=1S/C11H9F2NO4/c12-11(13)18-9-2-6(4-14)1-7(5-15)8(9)3-10(16)17/h1-2,11,15H,3,5H2,(H,16,17). The van der Waals surface area contributed by atoms with Crippen molar-refractivity contribution in [3.63, 3.8) is 0 Å². The number of alkyl halides is 2. The number of benzene rings is 1. The van der Waals surface area contributed by atoms with Gasteiger partial charge in [0.15, 0.2) is 0 Å². The van der Waals surface area contributed by atoms with Crippen molar-refractivity contribution in [3.8, 4) is 11.8 Å². The van der Waals surface area contributed by atoms with Gasteiger partial charge >= 0.3 is 12.6 Å². The Morgan fingerprint density at radius 3 is 2.61 bits per heavy atom. The second kappa shape index (κ2) is 5.93. The lowest BCUT2D eigenvalue weighted by atomic mass is 10.0. The predicted octanol–water partition coefficient (Wildman–Crippen LogP) is 1.28. The van der Waals surface area contributed by atoms with Crippen LogP contribution in [0.3, 0.4) is 0 Å². The summed E-state index contributed by atoms with van der Waals surface area (Å²) in [5, 5.41) is 26.4. The van der Waals surface area contributed by atoms with Crippen LogP contribution in [0.1, 0.15) is 16.7 Å². The monoisotopic (exact) mass is 257 g/mol. The molecule has 0 radical (unpaired) electrons. The highest BCUT2D eigenvalue weighted by molar-refractivity contribution is 5.72. The van der Waals surface area contributed by atoms with Crippen LogP contribution in [0.4, 0.5) is 8.78 Å². The Labute approximate surface area is 101 Å². The minimum Gasteiger partial charge on any atom is -0.481 e. The van der Waals surface area contributed by atoms with Crippen molar-refractivity contribution in [1.82, 2.24) is 0 Å². The SMILES string of the molecule is N#Cc1cc(CO)c(CC(=O)O)c(OC(F)F)c1. The van der Waals surface area contributed by atoms with Crippen LogP contribution < -0.4 is 4.74 Å². The number of carboxylic acid groups (broad SMARTS) is 1. The van der Waals surface area contributed by atoms with Crippen LogP contribution in [-0.2, 0) is 17.8 Å². The van der Waals surface area contributed by atoms with Gasteiger partial charge in [-0.05, 0) is 17.7 Å². The van der Waals surface area contributed by atoms with Gasteiger partial charge in [0.2, 0.25) is 0 Å². The summed E-state index contributed by atoms with van der Waals surface area (Å²) in [5.74, 6) is -1.66. The normalized spacial score (nSPS) is 10.2. The molecule has 0 aromatic heterocycles. The maximum absolute atomic E-state index is 12.2. The highest BCUT2D eigenvalue weighted by Gasteiger charge is 2.17. The summed E-state index contributed by atoms with van der Waals surface area (Å²) in [7, 11) is 0. The quantitative estimate of drug-likeness (QED) is 0.829.